The van der Waals surface area contributed by atoms with Crippen molar-refractivity contribution < 1.29 is 28.5 Å². The lowest BCUT2D eigenvalue weighted by atomic mass is 10.0. The summed E-state index contributed by atoms with van der Waals surface area (Å²) in [5.41, 5.74) is 1.32. The van der Waals surface area contributed by atoms with E-state index in [9.17, 15) is 9.59 Å². The van der Waals surface area contributed by atoms with Crippen molar-refractivity contribution in [3.05, 3.63) is 71.8 Å². The summed E-state index contributed by atoms with van der Waals surface area (Å²) < 4.78 is 22.1. The summed E-state index contributed by atoms with van der Waals surface area (Å²) in [6.45, 7) is 1.95. The molecule has 0 aliphatic carbocycles. The minimum absolute atomic E-state index is 0.231. The van der Waals surface area contributed by atoms with E-state index in [-0.39, 0.29) is 6.61 Å². The van der Waals surface area contributed by atoms with Gasteiger partial charge in [0.2, 0.25) is 12.1 Å². The zero-order valence-electron chi connectivity index (χ0n) is 15.2. The number of rotatable bonds is 6. The van der Waals surface area contributed by atoms with Gasteiger partial charge in [0, 0.05) is 7.11 Å². The molecule has 0 bridgehead atoms. The molecule has 6 nitrogen and oxygen atoms in total. The molecule has 1 heterocycles. The van der Waals surface area contributed by atoms with Crippen LogP contribution in [0.4, 0.5) is 0 Å². The van der Waals surface area contributed by atoms with Gasteiger partial charge in [0.05, 0.1) is 18.3 Å². The van der Waals surface area contributed by atoms with E-state index in [4.69, 9.17) is 18.9 Å². The molecule has 142 valence electrons. The van der Waals surface area contributed by atoms with Gasteiger partial charge in [-0.3, -0.25) is 4.79 Å². The fourth-order valence-corrected chi connectivity index (χ4v) is 2.92. The van der Waals surface area contributed by atoms with E-state index >= 15 is 0 Å². The van der Waals surface area contributed by atoms with Crippen molar-refractivity contribution in [3.8, 4) is 0 Å². The normalized spacial score (nSPS) is 25.2. The van der Waals surface area contributed by atoms with E-state index in [0.717, 1.165) is 5.56 Å². The number of ketones is 1. The molecule has 1 saturated heterocycles. The number of benzene rings is 2. The zero-order chi connectivity index (χ0) is 19.2. The fraction of sp³-hybridized carbons (Fsp3) is 0.333. The highest BCUT2D eigenvalue weighted by Gasteiger charge is 2.46. The Hall–Kier alpha value is -2.54. The zero-order valence-corrected chi connectivity index (χ0v) is 15.2. The lowest BCUT2D eigenvalue weighted by Crippen LogP contribution is -2.57. The molecule has 0 N–H and O–H groups in total. The van der Waals surface area contributed by atoms with Crippen LogP contribution in [0.5, 0.6) is 0 Å². The molecule has 2 aromatic carbocycles. The van der Waals surface area contributed by atoms with E-state index in [1.165, 1.54) is 7.11 Å². The molecule has 2 aromatic rings. The third-order valence-electron chi connectivity index (χ3n) is 4.36. The molecule has 0 radical (unpaired) electrons. The standard InChI is InChI=1S/C21H22O6/c1-14-18(27-20(23)16-11-7-4-8-12-16)19(24-2)17(22)21(26-14)25-13-15-9-5-3-6-10-15/h3-12,14,18-19,21H,13H2,1-2H3/t14-,18-,19-,21-/m0/s1. The first-order valence-corrected chi connectivity index (χ1v) is 8.73. The average Bonchev–Trinajstić information content (AvgIpc) is 2.71. The van der Waals surface area contributed by atoms with E-state index < -0.39 is 36.4 Å². The Labute approximate surface area is 158 Å². The van der Waals surface area contributed by atoms with Crippen molar-refractivity contribution in [2.75, 3.05) is 7.11 Å². The molecule has 4 atom stereocenters. The van der Waals surface area contributed by atoms with Gasteiger partial charge >= 0.3 is 5.97 Å². The van der Waals surface area contributed by atoms with Crippen LogP contribution in [0.25, 0.3) is 0 Å². The smallest absolute Gasteiger partial charge is 0.338 e. The molecular weight excluding hydrogens is 348 g/mol. The highest BCUT2D eigenvalue weighted by Crippen LogP contribution is 2.24. The number of hydrogen-bond donors (Lipinski definition) is 0. The molecule has 0 saturated carbocycles. The van der Waals surface area contributed by atoms with Gasteiger partial charge in [0.15, 0.2) is 12.2 Å². The molecule has 0 aromatic heterocycles. The maximum atomic E-state index is 12.7. The number of Topliss-reactive ketones (excluding diaryl/α,β-unsaturated/α-hetero) is 1. The predicted molar refractivity (Wildman–Crippen MR) is 97.0 cm³/mol. The van der Waals surface area contributed by atoms with Gasteiger partial charge in [-0.15, -0.1) is 0 Å². The molecule has 6 heteroatoms. The van der Waals surface area contributed by atoms with Crippen LogP contribution in [0, 0.1) is 0 Å². The minimum atomic E-state index is -1.07. The van der Waals surface area contributed by atoms with Crippen molar-refractivity contribution in [1.29, 1.82) is 0 Å². The van der Waals surface area contributed by atoms with Gasteiger partial charge in [-0.2, -0.15) is 0 Å². The van der Waals surface area contributed by atoms with Crippen molar-refractivity contribution in [1.82, 2.24) is 0 Å². The second-order valence-electron chi connectivity index (χ2n) is 6.26. The van der Waals surface area contributed by atoms with Crippen LogP contribution in [0.3, 0.4) is 0 Å². The van der Waals surface area contributed by atoms with E-state index in [2.05, 4.69) is 0 Å². The van der Waals surface area contributed by atoms with Crippen LogP contribution < -0.4 is 0 Å². The number of methoxy groups -OCH3 is 1. The van der Waals surface area contributed by atoms with Crippen molar-refractivity contribution in [3.63, 3.8) is 0 Å². The van der Waals surface area contributed by atoms with Crippen molar-refractivity contribution in [2.45, 2.75) is 38.1 Å². The third-order valence-corrected chi connectivity index (χ3v) is 4.36. The summed E-state index contributed by atoms with van der Waals surface area (Å²) >= 11 is 0. The molecule has 27 heavy (non-hydrogen) atoms. The summed E-state index contributed by atoms with van der Waals surface area (Å²) in [5, 5.41) is 0. The predicted octanol–water partition coefficient (Wildman–Crippen LogP) is 2.76. The maximum Gasteiger partial charge on any atom is 0.338 e. The van der Waals surface area contributed by atoms with Crippen LogP contribution in [0.1, 0.15) is 22.8 Å². The number of carbonyl (C=O) groups is 2. The monoisotopic (exact) mass is 370 g/mol. The summed E-state index contributed by atoms with van der Waals surface area (Å²) in [4.78, 5) is 25.0. The van der Waals surface area contributed by atoms with Crippen molar-refractivity contribution in [2.24, 2.45) is 0 Å². The van der Waals surface area contributed by atoms with Crippen molar-refractivity contribution >= 4 is 11.8 Å². The highest BCUT2D eigenvalue weighted by atomic mass is 16.7. The molecule has 0 amide bonds. The molecule has 1 fully saturated rings. The number of carbonyl (C=O) groups excluding carboxylic acids is 2. The van der Waals surface area contributed by atoms with Crippen LogP contribution in [0.2, 0.25) is 0 Å². The Kier molecular flexibility index (Phi) is 6.34. The Balaban J connectivity index is 1.66. The number of hydrogen-bond acceptors (Lipinski definition) is 6. The lowest BCUT2D eigenvalue weighted by Gasteiger charge is -2.37. The Bertz CT molecular complexity index is 761. The summed E-state index contributed by atoms with van der Waals surface area (Å²) in [6.07, 6.45) is -3.45. The topological polar surface area (TPSA) is 71.1 Å². The van der Waals surface area contributed by atoms with Gasteiger partial charge < -0.3 is 18.9 Å². The molecule has 0 unspecified atom stereocenters. The third kappa shape index (κ3) is 4.60. The minimum Gasteiger partial charge on any atom is -0.453 e. The second-order valence-corrected chi connectivity index (χ2v) is 6.26. The van der Waals surface area contributed by atoms with Crippen LogP contribution in [0.15, 0.2) is 60.7 Å². The van der Waals surface area contributed by atoms with E-state index in [1.54, 1.807) is 37.3 Å². The quantitative estimate of drug-likeness (QED) is 0.728. The summed E-state index contributed by atoms with van der Waals surface area (Å²) in [7, 11) is 1.40. The van der Waals surface area contributed by atoms with Crippen LogP contribution in [-0.2, 0) is 30.3 Å². The Morgan fingerprint density at radius 3 is 2.30 bits per heavy atom. The van der Waals surface area contributed by atoms with Gasteiger partial charge in [0.25, 0.3) is 0 Å². The number of ether oxygens (including phenoxy) is 4. The first-order chi connectivity index (χ1) is 13.1. The maximum absolute atomic E-state index is 12.7. The lowest BCUT2D eigenvalue weighted by molar-refractivity contribution is -0.236. The van der Waals surface area contributed by atoms with E-state index in [1.807, 2.05) is 30.3 Å². The Morgan fingerprint density at radius 2 is 1.67 bits per heavy atom. The highest BCUT2D eigenvalue weighted by molar-refractivity contribution is 5.91. The summed E-state index contributed by atoms with van der Waals surface area (Å²) in [6, 6.07) is 18.1. The average molecular weight is 370 g/mol. The van der Waals surface area contributed by atoms with Gasteiger partial charge in [0.1, 0.15) is 0 Å². The molecule has 1 aliphatic rings. The molecule has 3 rings (SSSR count). The van der Waals surface area contributed by atoms with Gasteiger partial charge in [-0.1, -0.05) is 48.5 Å². The van der Waals surface area contributed by atoms with Crippen LogP contribution >= 0.6 is 0 Å². The largest absolute Gasteiger partial charge is 0.453 e. The number of esters is 1. The molecule has 0 spiro atoms. The molecular formula is C21H22O6. The second kappa shape index (κ2) is 8.90. The fourth-order valence-electron chi connectivity index (χ4n) is 2.92. The Morgan fingerprint density at radius 1 is 1.04 bits per heavy atom. The van der Waals surface area contributed by atoms with Gasteiger partial charge in [-0.05, 0) is 24.6 Å². The van der Waals surface area contributed by atoms with Crippen LogP contribution in [-0.4, -0.2) is 43.5 Å². The first kappa shape index (κ1) is 19.2. The van der Waals surface area contributed by atoms with E-state index in [0.29, 0.717) is 5.56 Å². The SMILES string of the molecule is CO[C@H]1C(=O)[C@@H](OCc2ccccc2)O[C@@H](C)[C@@H]1OC(=O)c1ccccc1. The first-order valence-electron chi connectivity index (χ1n) is 8.73. The molecule has 1 aliphatic heterocycles. The van der Waals surface area contributed by atoms with Gasteiger partial charge in [-0.25, -0.2) is 4.79 Å². The summed E-state index contributed by atoms with van der Waals surface area (Å²) in [5.74, 6) is -0.938.